The van der Waals surface area contributed by atoms with Gasteiger partial charge in [-0.05, 0) is 24.3 Å². The van der Waals surface area contributed by atoms with Gasteiger partial charge in [0, 0.05) is 5.56 Å². The predicted molar refractivity (Wildman–Crippen MR) is 92.7 cm³/mol. The Labute approximate surface area is 134 Å². The Bertz CT molecular complexity index is 935. The van der Waals surface area contributed by atoms with E-state index in [1.165, 1.54) is 0 Å². The van der Waals surface area contributed by atoms with Crippen molar-refractivity contribution < 1.29 is 5.32 Å². The smallest absolute Gasteiger partial charge is 0.240 e. The summed E-state index contributed by atoms with van der Waals surface area (Å²) in [4.78, 5) is 9.52. The van der Waals surface area contributed by atoms with Crippen molar-refractivity contribution in [2.75, 3.05) is 0 Å². The molecule has 4 rings (SSSR count). The van der Waals surface area contributed by atoms with Crippen LogP contribution in [0, 0.1) is 0 Å². The van der Waals surface area contributed by atoms with Crippen LogP contribution in [0.1, 0.15) is 0 Å². The number of hydrogen-bond acceptors (Lipinski definition) is 2. The summed E-state index contributed by atoms with van der Waals surface area (Å²) in [5.74, 6) is 1.70. The molecule has 0 amide bonds. The summed E-state index contributed by atoms with van der Waals surface area (Å²) < 4.78 is 0. The summed E-state index contributed by atoms with van der Waals surface area (Å²) >= 11 is 0. The molecule has 1 heterocycles. The highest BCUT2D eigenvalue weighted by Crippen LogP contribution is 2.22. The van der Waals surface area contributed by atoms with Crippen LogP contribution in [-0.4, -0.2) is 9.97 Å². The minimum Gasteiger partial charge on any atom is -0.264 e. The summed E-state index contributed by atoms with van der Waals surface area (Å²) in [7, 11) is 0. The van der Waals surface area contributed by atoms with Gasteiger partial charge in [0.1, 0.15) is 5.69 Å². The highest BCUT2D eigenvalue weighted by molar-refractivity contribution is 5.87. The fourth-order valence-corrected chi connectivity index (χ4v) is 2.63. The molecule has 3 aromatic carbocycles. The van der Waals surface area contributed by atoms with Crippen LogP contribution in [-0.2, 0) is 0 Å². The third-order valence-electron chi connectivity index (χ3n) is 3.77. The molecule has 110 valence electrons. The molecule has 0 bridgehead atoms. The monoisotopic (exact) mass is 298 g/mol. The van der Waals surface area contributed by atoms with Crippen molar-refractivity contribution in [2.45, 2.75) is 0 Å². The van der Waals surface area contributed by atoms with Crippen molar-refractivity contribution in [2.24, 2.45) is 0 Å². The van der Waals surface area contributed by atoms with Crippen molar-refractivity contribution >= 4 is 22.4 Å². The molecule has 3 nitrogen and oxygen atoms in total. The molecule has 0 aliphatic heterocycles. The second-order valence-corrected chi connectivity index (χ2v) is 5.37. The largest absolute Gasteiger partial charge is 0.264 e. The maximum absolute atomic E-state index is 4.80. The van der Waals surface area contributed by atoms with Crippen LogP contribution in [0.2, 0.25) is 0 Å². The zero-order valence-electron chi connectivity index (χ0n) is 12.6. The SMILES string of the molecule is c1ccc([NH2+]c2nc(-c3ccccc3)nc3ccccc23)cc1. The van der Waals surface area contributed by atoms with E-state index in [9.17, 15) is 0 Å². The number of nitrogens with two attached hydrogens (primary N) is 1. The Morgan fingerprint density at radius 1 is 0.609 bits per heavy atom. The van der Waals surface area contributed by atoms with Crippen LogP contribution in [0.3, 0.4) is 0 Å². The Morgan fingerprint density at radius 2 is 1.26 bits per heavy atom. The second-order valence-electron chi connectivity index (χ2n) is 5.37. The number of quaternary nitrogens is 1. The third-order valence-corrected chi connectivity index (χ3v) is 3.77. The lowest BCUT2D eigenvalue weighted by Gasteiger charge is -2.07. The molecule has 0 unspecified atom stereocenters. The fraction of sp³-hybridized carbons (Fsp3) is 0. The molecule has 0 aliphatic carbocycles. The van der Waals surface area contributed by atoms with Gasteiger partial charge in [0.25, 0.3) is 0 Å². The van der Waals surface area contributed by atoms with Gasteiger partial charge in [-0.2, -0.15) is 4.98 Å². The lowest BCUT2D eigenvalue weighted by atomic mass is 10.2. The van der Waals surface area contributed by atoms with Gasteiger partial charge in [-0.1, -0.05) is 60.7 Å². The van der Waals surface area contributed by atoms with Gasteiger partial charge in [0.2, 0.25) is 5.82 Å². The normalized spacial score (nSPS) is 10.8. The molecule has 3 heteroatoms. The van der Waals surface area contributed by atoms with Crippen molar-refractivity contribution in [3.8, 4) is 11.4 Å². The Hall–Kier alpha value is -3.04. The van der Waals surface area contributed by atoms with E-state index in [0.29, 0.717) is 0 Å². The summed E-state index contributed by atoms with van der Waals surface area (Å²) in [5, 5.41) is 3.17. The predicted octanol–water partition coefficient (Wildman–Crippen LogP) is 3.82. The molecule has 0 saturated carbocycles. The average Bonchev–Trinajstić information content (AvgIpc) is 2.63. The van der Waals surface area contributed by atoms with Crippen LogP contribution < -0.4 is 5.32 Å². The third kappa shape index (κ3) is 2.82. The zero-order valence-corrected chi connectivity index (χ0v) is 12.6. The lowest BCUT2D eigenvalue weighted by Crippen LogP contribution is -2.71. The van der Waals surface area contributed by atoms with E-state index in [1.54, 1.807) is 0 Å². The van der Waals surface area contributed by atoms with E-state index in [1.807, 2.05) is 66.7 Å². The van der Waals surface area contributed by atoms with Gasteiger partial charge in [-0.3, -0.25) is 5.32 Å². The van der Waals surface area contributed by atoms with E-state index in [2.05, 4.69) is 23.5 Å². The second kappa shape index (κ2) is 5.99. The van der Waals surface area contributed by atoms with Gasteiger partial charge in [0.15, 0.2) is 5.82 Å². The Kier molecular flexibility index (Phi) is 3.54. The molecule has 2 N–H and O–H groups in total. The van der Waals surface area contributed by atoms with Gasteiger partial charge in [-0.15, -0.1) is 0 Å². The molecule has 0 saturated heterocycles. The molecule has 0 aliphatic rings. The maximum atomic E-state index is 4.80. The standard InChI is InChI=1S/C20H15N3/c1-3-9-15(10-4-1)19-22-18-14-8-7-13-17(18)20(23-19)21-16-11-5-2-6-12-16/h1-14H,(H,21,22,23)/p+1. The van der Waals surface area contributed by atoms with Crippen molar-refractivity contribution in [1.82, 2.24) is 9.97 Å². The maximum Gasteiger partial charge on any atom is 0.240 e. The number of fused-ring (bicyclic) bond motifs is 1. The number of nitrogens with zero attached hydrogens (tertiary/aromatic N) is 2. The molecule has 23 heavy (non-hydrogen) atoms. The molecule has 1 aromatic heterocycles. The summed E-state index contributed by atoms with van der Waals surface area (Å²) in [5.41, 5.74) is 3.12. The Morgan fingerprint density at radius 3 is 2.04 bits per heavy atom. The highest BCUT2D eigenvalue weighted by atomic mass is 15.0. The Balaban J connectivity index is 1.87. The molecular weight excluding hydrogens is 282 g/mol. The van der Waals surface area contributed by atoms with Crippen LogP contribution in [0.4, 0.5) is 11.5 Å². The van der Waals surface area contributed by atoms with Crippen LogP contribution in [0.15, 0.2) is 84.9 Å². The fourth-order valence-electron chi connectivity index (χ4n) is 2.63. The van der Waals surface area contributed by atoms with E-state index >= 15 is 0 Å². The summed E-state index contributed by atoms with van der Waals surface area (Å²) in [6, 6.07) is 28.5. The van der Waals surface area contributed by atoms with Gasteiger partial charge < -0.3 is 0 Å². The highest BCUT2D eigenvalue weighted by Gasteiger charge is 2.12. The molecule has 4 aromatic rings. The minimum absolute atomic E-state index is 0.756. The number of aromatic nitrogens is 2. The summed E-state index contributed by atoms with van der Waals surface area (Å²) in [6.07, 6.45) is 0. The first kappa shape index (κ1) is 13.6. The van der Waals surface area contributed by atoms with Crippen molar-refractivity contribution in [1.29, 1.82) is 0 Å². The van der Waals surface area contributed by atoms with E-state index < -0.39 is 0 Å². The molecule has 0 spiro atoms. The lowest BCUT2D eigenvalue weighted by molar-refractivity contribution is -0.481. The first-order chi connectivity index (χ1) is 11.4. The molecule has 0 fully saturated rings. The average molecular weight is 298 g/mol. The topological polar surface area (TPSA) is 42.4 Å². The van der Waals surface area contributed by atoms with E-state index in [0.717, 1.165) is 33.8 Å². The van der Waals surface area contributed by atoms with Gasteiger partial charge >= 0.3 is 0 Å². The van der Waals surface area contributed by atoms with Crippen LogP contribution in [0.25, 0.3) is 22.3 Å². The number of rotatable bonds is 3. The first-order valence-corrected chi connectivity index (χ1v) is 7.62. The zero-order chi connectivity index (χ0) is 15.5. The van der Waals surface area contributed by atoms with Gasteiger partial charge in [-0.25, -0.2) is 4.98 Å². The van der Waals surface area contributed by atoms with Crippen molar-refractivity contribution in [3.63, 3.8) is 0 Å². The van der Waals surface area contributed by atoms with Gasteiger partial charge in [0.05, 0.1) is 10.9 Å². The molecule has 0 radical (unpaired) electrons. The number of para-hydroxylation sites is 2. The first-order valence-electron chi connectivity index (χ1n) is 7.62. The molecule has 0 atom stereocenters. The summed E-state index contributed by atoms with van der Waals surface area (Å²) in [6.45, 7) is 0. The van der Waals surface area contributed by atoms with E-state index in [-0.39, 0.29) is 0 Å². The quantitative estimate of drug-likeness (QED) is 0.584. The minimum atomic E-state index is 0.756. The van der Waals surface area contributed by atoms with E-state index in [4.69, 9.17) is 9.97 Å². The van der Waals surface area contributed by atoms with Crippen LogP contribution in [0.5, 0.6) is 0 Å². The number of benzene rings is 3. The van der Waals surface area contributed by atoms with Crippen LogP contribution >= 0.6 is 0 Å². The number of hydrogen-bond donors (Lipinski definition) is 1. The van der Waals surface area contributed by atoms with Crippen molar-refractivity contribution in [3.05, 3.63) is 84.9 Å². The molecular formula is C20H16N3+.